The Morgan fingerprint density at radius 2 is 2.11 bits per heavy atom. The maximum atomic E-state index is 10.8. The van der Waals surface area contributed by atoms with Crippen LogP contribution in [0.5, 0.6) is 0 Å². The first-order valence-electron chi connectivity index (χ1n) is 6.89. The number of hydrogen-bond donors (Lipinski definition) is 2. The van der Waals surface area contributed by atoms with Crippen molar-refractivity contribution in [2.75, 3.05) is 20.1 Å². The lowest BCUT2D eigenvalue weighted by Gasteiger charge is -2.28. The smallest absolute Gasteiger partial charge is 0.335 e. The van der Waals surface area contributed by atoms with Crippen molar-refractivity contribution in [3.8, 4) is 0 Å². The molecule has 1 heterocycles. The van der Waals surface area contributed by atoms with E-state index in [9.17, 15) is 4.79 Å². The predicted octanol–water partition coefficient (Wildman–Crippen LogP) is 1.96. The summed E-state index contributed by atoms with van der Waals surface area (Å²) in [4.78, 5) is 13.1. The van der Waals surface area contributed by atoms with Crippen LogP contribution >= 0.6 is 0 Å². The number of likely N-dealkylation sites (N-methyl/N-ethyl adjacent to an activating group) is 1. The Kier molecular flexibility index (Phi) is 4.93. The molecule has 0 amide bonds. The molecule has 0 aliphatic carbocycles. The van der Waals surface area contributed by atoms with E-state index in [-0.39, 0.29) is 0 Å². The number of carboxylic acids is 1. The minimum atomic E-state index is -0.869. The molecule has 1 unspecified atom stereocenters. The average molecular weight is 262 g/mol. The molecule has 0 bridgehead atoms. The van der Waals surface area contributed by atoms with Crippen LogP contribution in [0.3, 0.4) is 0 Å². The molecule has 1 aliphatic heterocycles. The van der Waals surface area contributed by atoms with Crippen LogP contribution in [0.15, 0.2) is 24.3 Å². The quantitative estimate of drug-likeness (QED) is 0.851. The Balaban J connectivity index is 1.83. The lowest BCUT2D eigenvalue weighted by atomic mass is 10.0. The highest BCUT2D eigenvalue weighted by Crippen LogP contribution is 2.11. The van der Waals surface area contributed by atoms with Crippen LogP contribution in [-0.2, 0) is 6.54 Å². The summed E-state index contributed by atoms with van der Waals surface area (Å²) in [5.74, 6) is -0.869. The zero-order valence-electron chi connectivity index (χ0n) is 11.4. The molecule has 2 rings (SSSR count). The summed E-state index contributed by atoms with van der Waals surface area (Å²) in [6, 6.07) is 7.73. The van der Waals surface area contributed by atoms with Gasteiger partial charge in [-0.3, -0.25) is 0 Å². The van der Waals surface area contributed by atoms with Gasteiger partial charge in [0.25, 0.3) is 0 Å². The molecule has 1 aromatic rings. The molecule has 1 aromatic carbocycles. The second kappa shape index (κ2) is 6.68. The van der Waals surface area contributed by atoms with Crippen molar-refractivity contribution in [2.45, 2.75) is 31.8 Å². The number of piperidine rings is 1. The molecule has 1 aliphatic rings. The van der Waals surface area contributed by atoms with Crippen LogP contribution in [0.1, 0.15) is 35.2 Å². The van der Waals surface area contributed by atoms with Crippen LogP contribution in [0, 0.1) is 0 Å². The highest BCUT2D eigenvalue weighted by Gasteiger charge is 2.14. The van der Waals surface area contributed by atoms with Gasteiger partial charge in [-0.15, -0.1) is 0 Å². The van der Waals surface area contributed by atoms with Gasteiger partial charge >= 0.3 is 5.97 Å². The number of benzene rings is 1. The third kappa shape index (κ3) is 4.33. The first kappa shape index (κ1) is 14.0. The molecule has 4 heteroatoms. The highest BCUT2D eigenvalue weighted by molar-refractivity contribution is 5.87. The fraction of sp³-hybridized carbons (Fsp3) is 0.533. The maximum absolute atomic E-state index is 10.8. The minimum Gasteiger partial charge on any atom is -0.478 e. The SMILES string of the molecule is CN(Cc1ccc(C(=O)O)cc1)CC1CCCCN1. The molecule has 2 N–H and O–H groups in total. The van der Waals surface area contributed by atoms with E-state index in [0.29, 0.717) is 11.6 Å². The molecule has 4 nitrogen and oxygen atoms in total. The van der Waals surface area contributed by atoms with Crippen LogP contribution < -0.4 is 5.32 Å². The summed E-state index contributed by atoms with van der Waals surface area (Å²) in [7, 11) is 2.11. The van der Waals surface area contributed by atoms with Gasteiger partial charge in [0.2, 0.25) is 0 Å². The monoisotopic (exact) mass is 262 g/mol. The van der Waals surface area contributed by atoms with E-state index < -0.39 is 5.97 Å². The second-order valence-corrected chi connectivity index (χ2v) is 5.35. The Labute approximate surface area is 114 Å². The topological polar surface area (TPSA) is 52.6 Å². The molecule has 0 aromatic heterocycles. The van der Waals surface area contributed by atoms with Crippen molar-refractivity contribution in [1.82, 2.24) is 10.2 Å². The van der Waals surface area contributed by atoms with Gasteiger partial charge in [-0.25, -0.2) is 4.79 Å². The Morgan fingerprint density at radius 3 is 2.68 bits per heavy atom. The van der Waals surface area contributed by atoms with Crippen molar-refractivity contribution in [3.63, 3.8) is 0 Å². The van der Waals surface area contributed by atoms with Gasteiger partial charge in [-0.05, 0) is 44.1 Å². The zero-order valence-corrected chi connectivity index (χ0v) is 11.4. The van der Waals surface area contributed by atoms with Crippen LogP contribution in [0.4, 0.5) is 0 Å². The second-order valence-electron chi connectivity index (χ2n) is 5.35. The van der Waals surface area contributed by atoms with Gasteiger partial charge in [0.05, 0.1) is 5.56 Å². The number of nitrogens with zero attached hydrogens (tertiary/aromatic N) is 1. The number of carboxylic acid groups (broad SMARTS) is 1. The van der Waals surface area contributed by atoms with Gasteiger partial charge in [-0.1, -0.05) is 18.6 Å². The van der Waals surface area contributed by atoms with Gasteiger partial charge in [-0.2, -0.15) is 0 Å². The molecule has 1 saturated heterocycles. The molecule has 0 spiro atoms. The molecule has 0 saturated carbocycles. The maximum Gasteiger partial charge on any atom is 0.335 e. The normalized spacial score (nSPS) is 19.6. The predicted molar refractivity (Wildman–Crippen MR) is 75.4 cm³/mol. The summed E-state index contributed by atoms with van der Waals surface area (Å²) < 4.78 is 0. The van der Waals surface area contributed by atoms with E-state index in [1.54, 1.807) is 12.1 Å². The van der Waals surface area contributed by atoms with Gasteiger partial charge < -0.3 is 15.3 Å². The molecule has 19 heavy (non-hydrogen) atoms. The summed E-state index contributed by atoms with van der Waals surface area (Å²) in [5, 5.41) is 12.4. The molecule has 1 atom stereocenters. The average Bonchev–Trinajstić information content (AvgIpc) is 2.40. The summed E-state index contributed by atoms with van der Waals surface area (Å²) in [6.07, 6.45) is 3.86. The van der Waals surface area contributed by atoms with Crippen LogP contribution in [-0.4, -0.2) is 42.2 Å². The van der Waals surface area contributed by atoms with Gasteiger partial charge in [0, 0.05) is 19.1 Å². The van der Waals surface area contributed by atoms with E-state index in [0.717, 1.165) is 25.2 Å². The Bertz CT molecular complexity index is 411. The van der Waals surface area contributed by atoms with Crippen molar-refractivity contribution in [1.29, 1.82) is 0 Å². The lowest BCUT2D eigenvalue weighted by Crippen LogP contribution is -2.42. The number of hydrogen-bond acceptors (Lipinski definition) is 3. The number of nitrogens with one attached hydrogen (secondary N) is 1. The third-order valence-electron chi connectivity index (χ3n) is 3.60. The van der Waals surface area contributed by atoms with E-state index >= 15 is 0 Å². The van der Waals surface area contributed by atoms with E-state index in [2.05, 4.69) is 17.3 Å². The van der Waals surface area contributed by atoms with Crippen molar-refractivity contribution >= 4 is 5.97 Å². The highest BCUT2D eigenvalue weighted by atomic mass is 16.4. The third-order valence-corrected chi connectivity index (χ3v) is 3.60. The molecular formula is C15H22N2O2. The minimum absolute atomic E-state index is 0.348. The van der Waals surface area contributed by atoms with Gasteiger partial charge in [0.15, 0.2) is 0 Å². The first-order chi connectivity index (χ1) is 9.15. The number of rotatable bonds is 5. The largest absolute Gasteiger partial charge is 0.478 e. The van der Waals surface area contributed by atoms with Crippen molar-refractivity contribution in [2.24, 2.45) is 0 Å². The summed E-state index contributed by atoms with van der Waals surface area (Å²) >= 11 is 0. The fourth-order valence-electron chi connectivity index (χ4n) is 2.59. The number of aromatic carboxylic acids is 1. The molecule has 1 fully saturated rings. The zero-order chi connectivity index (χ0) is 13.7. The van der Waals surface area contributed by atoms with Gasteiger partial charge in [0.1, 0.15) is 0 Å². The van der Waals surface area contributed by atoms with E-state index in [1.807, 2.05) is 12.1 Å². The standard InChI is InChI=1S/C15H22N2O2/c1-17(11-14-4-2-3-9-16-14)10-12-5-7-13(8-6-12)15(18)19/h5-8,14,16H,2-4,9-11H2,1H3,(H,18,19). The molecule has 0 radical (unpaired) electrons. The van der Waals surface area contributed by atoms with E-state index in [1.165, 1.54) is 19.3 Å². The fourth-order valence-corrected chi connectivity index (χ4v) is 2.59. The number of carbonyl (C=O) groups is 1. The Hall–Kier alpha value is -1.39. The van der Waals surface area contributed by atoms with Crippen LogP contribution in [0.2, 0.25) is 0 Å². The first-order valence-corrected chi connectivity index (χ1v) is 6.89. The summed E-state index contributed by atoms with van der Waals surface area (Å²) in [6.45, 7) is 3.03. The lowest BCUT2D eigenvalue weighted by molar-refractivity contribution is 0.0697. The summed E-state index contributed by atoms with van der Waals surface area (Å²) in [5.41, 5.74) is 1.50. The molecule has 104 valence electrons. The van der Waals surface area contributed by atoms with Crippen molar-refractivity contribution < 1.29 is 9.90 Å². The van der Waals surface area contributed by atoms with E-state index in [4.69, 9.17) is 5.11 Å². The van der Waals surface area contributed by atoms with Crippen molar-refractivity contribution in [3.05, 3.63) is 35.4 Å². The Morgan fingerprint density at radius 1 is 1.37 bits per heavy atom. The molecular weight excluding hydrogens is 240 g/mol. The van der Waals surface area contributed by atoms with Crippen LogP contribution in [0.25, 0.3) is 0 Å².